The van der Waals surface area contributed by atoms with Gasteiger partial charge in [-0.1, -0.05) is 18.2 Å². The standard InChI is InChI=1S/C11H16N2O2/c1-11(2,3)13-12-10(14)15-9-7-5-4-6-8-9/h4-8,13H,1-3H3,(H,12,14). The van der Waals surface area contributed by atoms with E-state index in [0.717, 1.165) is 0 Å². The number of rotatable bonds is 2. The minimum atomic E-state index is -0.517. The van der Waals surface area contributed by atoms with Gasteiger partial charge in [-0.3, -0.25) is 5.43 Å². The highest BCUT2D eigenvalue weighted by molar-refractivity contribution is 5.69. The Morgan fingerprint density at radius 1 is 1.20 bits per heavy atom. The Bertz CT molecular complexity index is 317. The number of nitrogens with one attached hydrogen (secondary N) is 2. The van der Waals surface area contributed by atoms with Crippen molar-refractivity contribution in [3.8, 4) is 5.75 Å². The van der Waals surface area contributed by atoms with Gasteiger partial charge in [0.1, 0.15) is 5.75 Å². The predicted molar refractivity (Wildman–Crippen MR) is 58.5 cm³/mol. The first-order valence-corrected chi connectivity index (χ1v) is 4.77. The molecule has 0 aliphatic heterocycles. The van der Waals surface area contributed by atoms with Gasteiger partial charge in [-0.05, 0) is 32.9 Å². The van der Waals surface area contributed by atoms with Crippen LogP contribution in [-0.2, 0) is 0 Å². The molecule has 0 aromatic heterocycles. The van der Waals surface area contributed by atoms with Crippen LogP contribution in [0.25, 0.3) is 0 Å². The molecule has 0 heterocycles. The molecule has 4 heteroatoms. The Balaban J connectivity index is 2.38. The highest BCUT2D eigenvalue weighted by atomic mass is 16.6. The molecule has 0 aliphatic carbocycles. The van der Waals surface area contributed by atoms with Crippen molar-refractivity contribution in [1.82, 2.24) is 10.9 Å². The number of carbonyl (C=O) groups excluding carboxylic acids is 1. The Morgan fingerprint density at radius 3 is 2.33 bits per heavy atom. The molecule has 1 amide bonds. The summed E-state index contributed by atoms with van der Waals surface area (Å²) in [6, 6.07) is 8.91. The number of ether oxygens (including phenoxy) is 1. The van der Waals surface area contributed by atoms with Crippen LogP contribution in [0.5, 0.6) is 5.75 Å². The topological polar surface area (TPSA) is 50.4 Å². The molecular formula is C11H16N2O2. The Hall–Kier alpha value is -1.55. The van der Waals surface area contributed by atoms with Crippen molar-refractivity contribution < 1.29 is 9.53 Å². The van der Waals surface area contributed by atoms with E-state index in [1.165, 1.54) is 0 Å². The van der Waals surface area contributed by atoms with Crippen molar-refractivity contribution in [3.05, 3.63) is 30.3 Å². The summed E-state index contributed by atoms with van der Waals surface area (Å²) >= 11 is 0. The van der Waals surface area contributed by atoms with Crippen LogP contribution in [0.3, 0.4) is 0 Å². The quantitative estimate of drug-likeness (QED) is 0.731. The van der Waals surface area contributed by atoms with Crippen LogP contribution in [0.2, 0.25) is 0 Å². The maximum absolute atomic E-state index is 11.3. The van der Waals surface area contributed by atoms with Gasteiger partial charge >= 0.3 is 6.09 Å². The smallest absolute Gasteiger partial charge is 0.409 e. The molecule has 0 radical (unpaired) electrons. The van der Waals surface area contributed by atoms with Crippen molar-refractivity contribution >= 4 is 6.09 Å². The summed E-state index contributed by atoms with van der Waals surface area (Å²) in [6.07, 6.45) is -0.517. The lowest BCUT2D eigenvalue weighted by Gasteiger charge is -2.20. The molecule has 1 aromatic rings. The Morgan fingerprint density at radius 2 is 1.80 bits per heavy atom. The lowest BCUT2D eigenvalue weighted by Crippen LogP contribution is -2.49. The maximum Gasteiger partial charge on any atom is 0.427 e. The first-order valence-electron chi connectivity index (χ1n) is 4.77. The van der Waals surface area contributed by atoms with E-state index < -0.39 is 6.09 Å². The number of hydrazine groups is 1. The number of hydrogen-bond acceptors (Lipinski definition) is 3. The largest absolute Gasteiger partial charge is 0.427 e. The zero-order chi connectivity index (χ0) is 11.3. The van der Waals surface area contributed by atoms with E-state index >= 15 is 0 Å². The van der Waals surface area contributed by atoms with Gasteiger partial charge in [0.25, 0.3) is 0 Å². The third-order valence-corrected chi connectivity index (χ3v) is 1.49. The third kappa shape index (κ3) is 5.02. The van der Waals surface area contributed by atoms with Crippen LogP contribution >= 0.6 is 0 Å². The van der Waals surface area contributed by atoms with Gasteiger partial charge in [0.05, 0.1) is 0 Å². The summed E-state index contributed by atoms with van der Waals surface area (Å²) in [5.41, 5.74) is 5.09. The first-order chi connectivity index (χ1) is 6.97. The second-order valence-electron chi connectivity index (χ2n) is 4.20. The molecule has 2 N–H and O–H groups in total. The predicted octanol–water partition coefficient (Wildman–Crippen LogP) is 2.08. The van der Waals surface area contributed by atoms with E-state index in [2.05, 4.69) is 10.9 Å². The van der Waals surface area contributed by atoms with Crippen molar-refractivity contribution in [2.75, 3.05) is 0 Å². The molecule has 1 aromatic carbocycles. The number of benzene rings is 1. The molecule has 0 fully saturated rings. The lowest BCUT2D eigenvalue weighted by molar-refractivity contribution is 0.188. The molecule has 0 saturated carbocycles. The molecule has 0 bridgehead atoms. The first kappa shape index (κ1) is 11.5. The summed E-state index contributed by atoms with van der Waals surface area (Å²) < 4.78 is 5.00. The van der Waals surface area contributed by atoms with Gasteiger partial charge in [-0.25, -0.2) is 10.2 Å². The number of hydrogen-bond donors (Lipinski definition) is 2. The minimum absolute atomic E-state index is 0.185. The SMILES string of the molecule is CC(C)(C)NNC(=O)Oc1ccccc1. The van der Waals surface area contributed by atoms with Crippen molar-refractivity contribution in [2.24, 2.45) is 0 Å². The zero-order valence-electron chi connectivity index (χ0n) is 9.20. The maximum atomic E-state index is 11.3. The fourth-order valence-electron chi connectivity index (χ4n) is 0.860. The molecular weight excluding hydrogens is 192 g/mol. The second-order valence-corrected chi connectivity index (χ2v) is 4.20. The van der Waals surface area contributed by atoms with Crippen LogP contribution in [0.15, 0.2) is 30.3 Å². The van der Waals surface area contributed by atoms with E-state index in [-0.39, 0.29) is 5.54 Å². The molecule has 15 heavy (non-hydrogen) atoms. The summed E-state index contributed by atoms with van der Waals surface area (Å²) in [5, 5.41) is 0. The van der Waals surface area contributed by atoms with Gasteiger partial charge in [-0.15, -0.1) is 0 Å². The Kier molecular flexibility index (Phi) is 3.68. The van der Waals surface area contributed by atoms with E-state index in [0.29, 0.717) is 5.75 Å². The molecule has 0 atom stereocenters. The molecule has 0 unspecified atom stereocenters. The minimum Gasteiger partial charge on any atom is -0.409 e. The van der Waals surface area contributed by atoms with Gasteiger partial charge < -0.3 is 4.74 Å². The molecule has 0 spiro atoms. The second kappa shape index (κ2) is 4.79. The van der Waals surface area contributed by atoms with Gasteiger partial charge in [0, 0.05) is 5.54 Å². The lowest BCUT2D eigenvalue weighted by atomic mass is 10.1. The number of carbonyl (C=O) groups is 1. The van der Waals surface area contributed by atoms with Crippen LogP contribution in [0, 0.1) is 0 Å². The van der Waals surface area contributed by atoms with Crippen LogP contribution < -0.4 is 15.6 Å². The van der Waals surface area contributed by atoms with Gasteiger partial charge in [0.15, 0.2) is 0 Å². The van der Waals surface area contributed by atoms with E-state index in [9.17, 15) is 4.79 Å². The average Bonchev–Trinajstić information content (AvgIpc) is 2.15. The Labute approximate surface area is 89.6 Å². The highest BCUT2D eigenvalue weighted by Gasteiger charge is 2.11. The molecule has 0 saturated heterocycles. The summed E-state index contributed by atoms with van der Waals surface area (Å²) in [5.74, 6) is 0.519. The van der Waals surface area contributed by atoms with E-state index in [1.54, 1.807) is 24.3 Å². The normalized spacial score (nSPS) is 10.9. The van der Waals surface area contributed by atoms with E-state index in [4.69, 9.17) is 4.74 Å². The van der Waals surface area contributed by atoms with Crippen molar-refractivity contribution in [3.63, 3.8) is 0 Å². The van der Waals surface area contributed by atoms with Crippen LogP contribution in [0.1, 0.15) is 20.8 Å². The highest BCUT2D eigenvalue weighted by Crippen LogP contribution is 2.07. The van der Waals surface area contributed by atoms with Crippen LogP contribution in [-0.4, -0.2) is 11.6 Å². The number of para-hydroxylation sites is 1. The number of amides is 1. The van der Waals surface area contributed by atoms with Gasteiger partial charge in [-0.2, -0.15) is 0 Å². The monoisotopic (exact) mass is 208 g/mol. The fraction of sp³-hybridized carbons (Fsp3) is 0.364. The van der Waals surface area contributed by atoms with E-state index in [1.807, 2.05) is 26.8 Å². The average molecular weight is 208 g/mol. The molecule has 0 aliphatic rings. The molecule has 4 nitrogen and oxygen atoms in total. The molecule has 82 valence electrons. The molecule has 1 rings (SSSR count). The fourth-order valence-corrected chi connectivity index (χ4v) is 0.860. The summed E-state index contributed by atoms with van der Waals surface area (Å²) in [6.45, 7) is 5.82. The third-order valence-electron chi connectivity index (χ3n) is 1.49. The summed E-state index contributed by atoms with van der Waals surface area (Å²) in [7, 11) is 0. The summed E-state index contributed by atoms with van der Waals surface area (Å²) in [4.78, 5) is 11.3. The van der Waals surface area contributed by atoms with Gasteiger partial charge in [0.2, 0.25) is 0 Å². The van der Waals surface area contributed by atoms with Crippen LogP contribution in [0.4, 0.5) is 4.79 Å². The van der Waals surface area contributed by atoms with Crippen molar-refractivity contribution in [1.29, 1.82) is 0 Å². The zero-order valence-corrected chi connectivity index (χ0v) is 9.20. The van der Waals surface area contributed by atoms with Crippen molar-refractivity contribution in [2.45, 2.75) is 26.3 Å².